The van der Waals surface area contributed by atoms with Gasteiger partial charge in [0.1, 0.15) is 0 Å². The van der Waals surface area contributed by atoms with Crippen LogP contribution in [0.15, 0.2) is 23.5 Å². The second-order valence-corrected chi connectivity index (χ2v) is 5.56. The fraction of sp³-hybridized carbons (Fsp3) is 0.636. The summed E-state index contributed by atoms with van der Waals surface area (Å²) in [7, 11) is 0. The monoisotopic (exact) mass is 236 g/mol. The molecule has 16 heavy (non-hydrogen) atoms. The molecular formula is C11H16N4S. The van der Waals surface area contributed by atoms with E-state index in [1.165, 1.54) is 12.8 Å². The molecule has 1 aromatic heterocycles. The molecule has 1 unspecified atom stereocenters. The fourth-order valence-electron chi connectivity index (χ4n) is 1.91. The number of aliphatic imine (C=N–C) groups is 1. The molecular weight excluding hydrogens is 220 g/mol. The molecule has 0 amide bonds. The molecule has 0 bridgehead atoms. The van der Waals surface area contributed by atoms with Crippen LogP contribution in [0, 0.1) is 5.92 Å². The van der Waals surface area contributed by atoms with Crippen molar-refractivity contribution in [2.75, 3.05) is 13.1 Å². The summed E-state index contributed by atoms with van der Waals surface area (Å²) in [4.78, 5) is 4.54. The maximum atomic E-state index is 4.54. The van der Waals surface area contributed by atoms with Gasteiger partial charge in [0.05, 0.1) is 13.1 Å². The summed E-state index contributed by atoms with van der Waals surface area (Å²) in [6.45, 7) is 2.82. The van der Waals surface area contributed by atoms with Crippen LogP contribution in [-0.4, -0.2) is 33.3 Å². The smallest absolute Gasteiger partial charge is 0.156 e. The fourth-order valence-corrected chi connectivity index (χ4v) is 3.15. The van der Waals surface area contributed by atoms with Crippen molar-refractivity contribution in [1.29, 1.82) is 0 Å². The van der Waals surface area contributed by atoms with Gasteiger partial charge in [-0.3, -0.25) is 9.67 Å². The Morgan fingerprint density at radius 2 is 2.44 bits per heavy atom. The molecule has 1 saturated carbocycles. The van der Waals surface area contributed by atoms with Gasteiger partial charge in [-0.15, -0.1) is 0 Å². The van der Waals surface area contributed by atoms with Crippen LogP contribution in [-0.2, 0) is 6.54 Å². The summed E-state index contributed by atoms with van der Waals surface area (Å²) in [5.74, 6) is 0.944. The quantitative estimate of drug-likeness (QED) is 0.858. The first-order chi connectivity index (χ1) is 7.92. The van der Waals surface area contributed by atoms with Crippen LogP contribution in [0.5, 0.6) is 0 Å². The zero-order valence-corrected chi connectivity index (χ0v) is 9.99. The first-order valence-electron chi connectivity index (χ1n) is 5.84. The molecule has 1 atom stereocenters. The van der Waals surface area contributed by atoms with E-state index < -0.39 is 0 Å². The van der Waals surface area contributed by atoms with Crippen LogP contribution in [0.3, 0.4) is 0 Å². The van der Waals surface area contributed by atoms with Gasteiger partial charge in [0.15, 0.2) is 5.17 Å². The molecule has 1 N–H and O–H groups in total. The van der Waals surface area contributed by atoms with Gasteiger partial charge in [0.25, 0.3) is 0 Å². The second-order valence-electron chi connectivity index (χ2n) is 4.34. The Hall–Kier alpha value is -0.970. The molecule has 3 rings (SSSR count). The third-order valence-corrected chi connectivity index (χ3v) is 4.34. The van der Waals surface area contributed by atoms with E-state index in [2.05, 4.69) is 15.4 Å². The van der Waals surface area contributed by atoms with E-state index >= 15 is 0 Å². The van der Waals surface area contributed by atoms with Crippen molar-refractivity contribution in [3.8, 4) is 0 Å². The molecule has 86 valence electrons. The average molecular weight is 236 g/mol. The van der Waals surface area contributed by atoms with Crippen LogP contribution in [0.25, 0.3) is 0 Å². The average Bonchev–Trinajstić information content (AvgIpc) is 2.83. The molecule has 0 radical (unpaired) electrons. The summed E-state index contributed by atoms with van der Waals surface area (Å²) in [6.07, 6.45) is 6.62. The molecule has 1 fully saturated rings. The number of thioether (sulfide) groups is 1. The van der Waals surface area contributed by atoms with Crippen molar-refractivity contribution in [3.05, 3.63) is 18.5 Å². The molecule has 1 aliphatic carbocycles. The number of hydrogen-bond donors (Lipinski definition) is 1. The first kappa shape index (κ1) is 10.2. The van der Waals surface area contributed by atoms with Gasteiger partial charge in [0.2, 0.25) is 0 Å². The van der Waals surface area contributed by atoms with E-state index in [9.17, 15) is 0 Å². The topological polar surface area (TPSA) is 42.2 Å². The molecule has 1 aromatic rings. The van der Waals surface area contributed by atoms with Crippen molar-refractivity contribution < 1.29 is 0 Å². The lowest BCUT2D eigenvalue weighted by Crippen LogP contribution is -2.24. The summed E-state index contributed by atoms with van der Waals surface area (Å²) in [5, 5.41) is 9.43. The molecule has 0 aromatic carbocycles. The maximum Gasteiger partial charge on any atom is 0.156 e. The predicted molar refractivity (Wildman–Crippen MR) is 66.6 cm³/mol. The van der Waals surface area contributed by atoms with Crippen LogP contribution in [0.1, 0.15) is 12.8 Å². The van der Waals surface area contributed by atoms with E-state index in [0.717, 1.165) is 36.0 Å². The van der Waals surface area contributed by atoms with E-state index in [-0.39, 0.29) is 0 Å². The summed E-state index contributed by atoms with van der Waals surface area (Å²) in [5.41, 5.74) is 0. The molecule has 2 aliphatic rings. The third-order valence-electron chi connectivity index (χ3n) is 3.00. The molecule has 2 heterocycles. The Kier molecular flexibility index (Phi) is 2.86. The SMILES string of the molecule is c1cnn(CCNC2=NCC(C3CC3)S2)c1. The van der Waals surface area contributed by atoms with E-state index in [1.54, 1.807) is 0 Å². The van der Waals surface area contributed by atoms with Gasteiger partial charge >= 0.3 is 0 Å². The van der Waals surface area contributed by atoms with E-state index in [4.69, 9.17) is 0 Å². The number of rotatable bonds is 4. The van der Waals surface area contributed by atoms with Crippen LogP contribution >= 0.6 is 11.8 Å². The van der Waals surface area contributed by atoms with Crippen molar-refractivity contribution in [2.45, 2.75) is 24.6 Å². The Bertz CT molecular complexity index is 369. The van der Waals surface area contributed by atoms with Gasteiger partial charge < -0.3 is 5.32 Å². The van der Waals surface area contributed by atoms with Crippen molar-refractivity contribution in [1.82, 2.24) is 15.1 Å². The Morgan fingerprint density at radius 3 is 3.19 bits per heavy atom. The van der Waals surface area contributed by atoms with Gasteiger partial charge in [-0.1, -0.05) is 11.8 Å². The minimum atomic E-state index is 0.757. The highest BCUT2D eigenvalue weighted by atomic mass is 32.2. The van der Waals surface area contributed by atoms with Gasteiger partial charge in [-0.2, -0.15) is 5.10 Å². The number of hydrogen-bond acceptors (Lipinski definition) is 4. The lowest BCUT2D eigenvalue weighted by atomic mass is 10.3. The summed E-state index contributed by atoms with van der Waals surface area (Å²) in [6, 6.07) is 1.95. The van der Waals surface area contributed by atoms with Gasteiger partial charge in [-0.25, -0.2) is 0 Å². The largest absolute Gasteiger partial charge is 0.363 e. The highest BCUT2D eigenvalue weighted by molar-refractivity contribution is 8.14. The number of amidine groups is 1. The van der Waals surface area contributed by atoms with Gasteiger partial charge in [-0.05, 0) is 24.8 Å². The molecule has 4 nitrogen and oxygen atoms in total. The minimum Gasteiger partial charge on any atom is -0.363 e. The van der Waals surface area contributed by atoms with E-state index in [0.29, 0.717) is 0 Å². The highest BCUT2D eigenvalue weighted by Gasteiger charge is 2.35. The number of nitrogens with one attached hydrogen (secondary N) is 1. The Morgan fingerprint density at radius 1 is 1.50 bits per heavy atom. The summed E-state index contributed by atoms with van der Waals surface area (Å²) < 4.78 is 1.94. The zero-order valence-electron chi connectivity index (χ0n) is 9.17. The Labute approximate surface area is 99.5 Å². The van der Waals surface area contributed by atoms with E-state index in [1.807, 2.05) is 34.9 Å². The van der Waals surface area contributed by atoms with Gasteiger partial charge in [0, 0.05) is 24.2 Å². The molecule has 0 spiro atoms. The molecule has 5 heteroatoms. The number of aromatic nitrogens is 2. The van der Waals surface area contributed by atoms with Crippen molar-refractivity contribution >= 4 is 16.9 Å². The summed E-state index contributed by atoms with van der Waals surface area (Å²) >= 11 is 1.93. The lowest BCUT2D eigenvalue weighted by Gasteiger charge is -2.07. The van der Waals surface area contributed by atoms with Crippen LogP contribution in [0.2, 0.25) is 0 Å². The van der Waals surface area contributed by atoms with Crippen molar-refractivity contribution in [3.63, 3.8) is 0 Å². The Balaban J connectivity index is 1.39. The zero-order chi connectivity index (χ0) is 10.8. The standard InChI is InChI=1S/C11H16N4S/c1-4-14-15(6-1)7-5-12-11-13-8-10(16-11)9-2-3-9/h1,4,6,9-10H,2-3,5,7-8H2,(H,12,13). The number of nitrogens with zero attached hydrogens (tertiary/aromatic N) is 3. The maximum absolute atomic E-state index is 4.54. The normalized spacial score (nSPS) is 24.5. The molecule has 1 aliphatic heterocycles. The minimum absolute atomic E-state index is 0.757. The molecule has 0 saturated heterocycles. The second kappa shape index (κ2) is 4.49. The third kappa shape index (κ3) is 2.40. The predicted octanol–water partition coefficient (Wildman–Crippen LogP) is 1.35. The van der Waals surface area contributed by atoms with Crippen LogP contribution < -0.4 is 5.32 Å². The van der Waals surface area contributed by atoms with Crippen LogP contribution in [0.4, 0.5) is 0 Å². The highest BCUT2D eigenvalue weighted by Crippen LogP contribution is 2.41. The lowest BCUT2D eigenvalue weighted by molar-refractivity contribution is 0.605. The van der Waals surface area contributed by atoms with Crippen molar-refractivity contribution in [2.24, 2.45) is 10.9 Å². The first-order valence-corrected chi connectivity index (χ1v) is 6.72.